The minimum Gasteiger partial charge on any atom is -0.463 e. The van der Waals surface area contributed by atoms with E-state index in [1.165, 1.54) is 15.9 Å². The molecule has 0 aliphatic carbocycles. The van der Waals surface area contributed by atoms with Crippen LogP contribution in [-0.2, 0) is 14.3 Å². The zero-order valence-corrected chi connectivity index (χ0v) is 23.9. The zero-order valence-electron chi connectivity index (χ0n) is 20.7. The van der Waals surface area contributed by atoms with E-state index in [1.54, 1.807) is 30.5 Å². The van der Waals surface area contributed by atoms with Gasteiger partial charge in [-0.3, -0.25) is 14.2 Å². The average Bonchev–Trinajstić information content (AvgIpc) is 3.34. The van der Waals surface area contributed by atoms with Gasteiger partial charge in [0.05, 0.1) is 35.2 Å². The lowest BCUT2D eigenvalue weighted by Gasteiger charge is -2.24. The number of hydrogen-bond donors (Lipinski definition) is 0. The first-order valence-corrected chi connectivity index (χ1v) is 14.6. The highest BCUT2D eigenvalue weighted by Crippen LogP contribution is 2.37. The van der Waals surface area contributed by atoms with Crippen molar-refractivity contribution in [2.75, 3.05) is 24.3 Å². The van der Waals surface area contributed by atoms with Gasteiger partial charge in [-0.15, -0.1) is 11.8 Å². The van der Waals surface area contributed by atoms with E-state index in [4.69, 9.17) is 4.74 Å². The third-order valence-electron chi connectivity index (χ3n) is 6.45. The maximum Gasteiger partial charge on any atom is 0.338 e. The van der Waals surface area contributed by atoms with Crippen LogP contribution in [-0.4, -0.2) is 35.9 Å². The number of carbonyl (C=O) groups excluding carboxylic acids is 2. The molecule has 0 fully saturated rings. The van der Waals surface area contributed by atoms with E-state index in [9.17, 15) is 14.4 Å². The summed E-state index contributed by atoms with van der Waals surface area (Å²) in [6, 6.07) is 12.7. The Balaban J connectivity index is 1.82. The van der Waals surface area contributed by atoms with Crippen molar-refractivity contribution in [3.8, 4) is 0 Å². The number of amides is 1. The van der Waals surface area contributed by atoms with Crippen LogP contribution < -0.4 is 19.8 Å². The summed E-state index contributed by atoms with van der Waals surface area (Å²) in [6.07, 6.45) is 1.99. The van der Waals surface area contributed by atoms with Crippen molar-refractivity contribution in [3.63, 3.8) is 0 Å². The summed E-state index contributed by atoms with van der Waals surface area (Å²) in [4.78, 5) is 48.6. The molecule has 37 heavy (non-hydrogen) atoms. The van der Waals surface area contributed by atoms with Crippen molar-refractivity contribution in [1.82, 2.24) is 4.57 Å². The van der Waals surface area contributed by atoms with Crippen LogP contribution >= 0.6 is 39.0 Å². The SMILES string of the molecule is CCOC(=O)C1=C(C)N=c2s/c(=C3/C(=O)N(CC)c4ccc(Br)cc43)c(=O)n2[C@@H]1c1ccc(SC)cc1. The second kappa shape index (κ2) is 10.1. The predicted molar refractivity (Wildman–Crippen MR) is 150 cm³/mol. The Kier molecular flexibility index (Phi) is 6.99. The Labute approximate surface area is 230 Å². The number of ether oxygens (including phenoxy) is 1. The molecule has 3 heterocycles. The van der Waals surface area contributed by atoms with E-state index < -0.39 is 12.0 Å². The van der Waals surface area contributed by atoms with Gasteiger partial charge in [0.25, 0.3) is 11.5 Å². The molecule has 5 rings (SSSR count). The summed E-state index contributed by atoms with van der Waals surface area (Å²) in [5, 5.41) is 0. The fraction of sp³-hybridized carbons (Fsp3) is 0.259. The topological polar surface area (TPSA) is 81.0 Å². The third kappa shape index (κ3) is 4.20. The molecule has 0 N–H and O–H groups in total. The number of allylic oxidation sites excluding steroid dienone is 1. The molecule has 190 valence electrons. The Bertz CT molecular complexity index is 1650. The lowest BCUT2D eigenvalue weighted by molar-refractivity contribution is -0.139. The van der Waals surface area contributed by atoms with Crippen LogP contribution in [0.15, 0.2) is 72.9 Å². The van der Waals surface area contributed by atoms with Crippen molar-refractivity contribution in [3.05, 3.63) is 89.0 Å². The number of esters is 1. The Morgan fingerprint density at radius 1 is 1.16 bits per heavy atom. The molecule has 7 nitrogen and oxygen atoms in total. The minimum atomic E-state index is -0.721. The van der Waals surface area contributed by atoms with E-state index >= 15 is 0 Å². The molecule has 3 aromatic rings. The number of anilines is 1. The molecule has 0 unspecified atom stereocenters. The molecule has 2 aliphatic heterocycles. The number of benzene rings is 2. The maximum absolute atomic E-state index is 14.1. The van der Waals surface area contributed by atoms with Crippen molar-refractivity contribution < 1.29 is 14.3 Å². The van der Waals surface area contributed by atoms with Gasteiger partial charge in [0, 0.05) is 21.5 Å². The lowest BCUT2D eigenvalue weighted by atomic mass is 9.96. The highest BCUT2D eigenvalue weighted by molar-refractivity contribution is 9.10. The summed E-state index contributed by atoms with van der Waals surface area (Å²) in [5.74, 6) is -0.730. The van der Waals surface area contributed by atoms with E-state index in [-0.39, 0.29) is 18.1 Å². The van der Waals surface area contributed by atoms with E-state index in [0.717, 1.165) is 20.6 Å². The van der Waals surface area contributed by atoms with Gasteiger partial charge >= 0.3 is 5.97 Å². The standard InChI is InChI=1S/C27H24BrN3O4S2/c1-5-30-19-12-9-16(28)13-18(19)21(24(30)32)23-25(33)31-22(15-7-10-17(36-4)11-8-15)20(26(34)35-6-2)14(3)29-27(31)37-23/h7-13,22H,5-6H2,1-4H3/b23-21+/t22-/m1/s1. The molecule has 1 atom stereocenters. The lowest BCUT2D eigenvalue weighted by Crippen LogP contribution is -2.41. The molecule has 0 radical (unpaired) electrons. The first-order chi connectivity index (χ1) is 17.8. The summed E-state index contributed by atoms with van der Waals surface area (Å²) < 4.78 is 8.02. The monoisotopic (exact) mass is 597 g/mol. The number of carbonyl (C=O) groups is 2. The van der Waals surface area contributed by atoms with Gasteiger partial charge in [0.1, 0.15) is 4.53 Å². The van der Waals surface area contributed by atoms with Crippen molar-refractivity contribution in [2.45, 2.75) is 31.7 Å². The quantitative estimate of drug-likeness (QED) is 0.328. The van der Waals surface area contributed by atoms with Gasteiger partial charge < -0.3 is 9.64 Å². The van der Waals surface area contributed by atoms with Crippen LogP contribution in [0.2, 0.25) is 0 Å². The molecular weight excluding hydrogens is 574 g/mol. The van der Waals surface area contributed by atoms with Gasteiger partial charge in [-0.1, -0.05) is 39.4 Å². The van der Waals surface area contributed by atoms with E-state index in [0.29, 0.717) is 38.3 Å². The number of likely N-dealkylation sites (N-methyl/N-ethyl adjacent to an activating group) is 1. The number of thioether (sulfide) groups is 1. The maximum atomic E-state index is 14.1. The van der Waals surface area contributed by atoms with E-state index in [2.05, 4.69) is 20.9 Å². The Morgan fingerprint density at radius 2 is 1.89 bits per heavy atom. The van der Waals surface area contributed by atoms with Gasteiger partial charge in [-0.05, 0) is 62.9 Å². The minimum absolute atomic E-state index is 0.204. The Hall–Kier alpha value is -2.95. The number of rotatable bonds is 5. The number of thiazole rings is 1. The second-order valence-electron chi connectivity index (χ2n) is 8.48. The first-order valence-electron chi connectivity index (χ1n) is 11.8. The predicted octanol–water partition coefficient (Wildman–Crippen LogP) is 4.02. The van der Waals surface area contributed by atoms with Gasteiger partial charge in [0.15, 0.2) is 4.80 Å². The molecule has 2 aliphatic rings. The van der Waals surface area contributed by atoms with Crippen molar-refractivity contribution >= 4 is 62.2 Å². The first kappa shape index (κ1) is 25.7. The summed E-state index contributed by atoms with van der Waals surface area (Å²) in [7, 11) is 0. The Morgan fingerprint density at radius 3 is 2.54 bits per heavy atom. The second-order valence-corrected chi connectivity index (χ2v) is 11.3. The molecule has 0 bridgehead atoms. The molecule has 10 heteroatoms. The average molecular weight is 599 g/mol. The fourth-order valence-corrected chi connectivity index (χ4v) is 6.69. The van der Waals surface area contributed by atoms with Crippen LogP contribution in [0.5, 0.6) is 0 Å². The molecular formula is C27H24BrN3O4S2. The molecule has 2 aromatic carbocycles. The van der Waals surface area contributed by atoms with E-state index in [1.807, 2.05) is 55.6 Å². The summed E-state index contributed by atoms with van der Waals surface area (Å²) >= 11 is 6.28. The van der Waals surface area contributed by atoms with Crippen molar-refractivity contribution in [1.29, 1.82) is 0 Å². The van der Waals surface area contributed by atoms with Crippen LogP contribution in [0.1, 0.15) is 37.9 Å². The molecule has 0 saturated carbocycles. The highest BCUT2D eigenvalue weighted by atomic mass is 79.9. The van der Waals surface area contributed by atoms with Crippen LogP contribution in [0, 0.1) is 0 Å². The number of hydrogen-bond acceptors (Lipinski definition) is 7. The number of nitrogens with zero attached hydrogens (tertiary/aromatic N) is 3. The normalized spacial score (nSPS) is 18.0. The molecule has 1 amide bonds. The summed E-state index contributed by atoms with van der Waals surface area (Å²) in [6.45, 7) is 6.08. The highest BCUT2D eigenvalue weighted by Gasteiger charge is 2.37. The number of aromatic nitrogens is 1. The molecule has 0 spiro atoms. The van der Waals surface area contributed by atoms with Crippen LogP contribution in [0.3, 0.4) is 0 Å². The smallest absolute Gasteiger partial charge is 0.338 e. The van der Waals surface area contributed by atoms with Crippen molar-refractivity contribution in [2.24, 2.45) is 4.99 Å². The zero-order chi connectivity index (χ0) is 26.4. The largest absolute Gasteiger partial charge is 0.463 e. The summed E-state index contributed by atoms with van der Waals surface area (Å²) in [5.41, 5.74) is 3.05. The number of halogens is 1. The molecule has 1 aromatic heterocycles. The van der Waals surface area contributed by atoms with Gasteiger partial charge in [-0.25, -0.2) is 9.79 Å². The van der Waals surface area contributed by atoms with Crippen LogP contribution in [0.25, 0.3) is 5.57 Å². The van der Waals surface area contributed by atoms with Gasteiger partial charge in [0.2, 0.25) is 0 Å². The fourth-order valence-electron chi connectivity index (χ4n) is 4.78. The molecule has 0 saturated heterocycles. The van der Waals surface area contributed by atoms with Crippen LogP contribution in [0.4, 0.5) is 5.69 Å². The third-order valence-corrected chi connectivity index (χ3v) is 8.74. The number of fused-ring (bicyclic) bond motifs is 2. The van der Waals surface area contributed by atoms with Gasteiger partial charge in [-0.2, -0.15) is 0 Å².